The van der Waals surface area contributed by atoms with Gasteiger partial charge in [-0.2, -0.15) is 4.48 Å². The summed E-state index contributed by atoms with van der Waals surface area (Å²) < 4.78 is -0.127. The van der Waals surface area contributed by atoms with Gasteiger partial charge in [-0.25, -0.2) is 9.59 Å². The molecule has 84 valence electrons. The number of nitrogens with two attached hydrogens (primary N) is 1. The molecule has 0 bridgehead atoms. The lowest BCUT2D eigenvalue weighted by molar-refractivity contribution is -0.759. The largest absolute Gasteiger partial charge is 0.421 e. The Hall–Kier alpha value is -0.940. The van der Waals surface area contributed by atoms with E-state index in [0.29, 0.717) is 13.1 Å². The molecule has 1 atom stereocenters. The van der Waals surface area contributed by atoms with Crippen molar-refractivity contribution in [2.75, 3.05) is 19.6 Å². The second-order valence-electron chi connectivity index (χ2n) is 4.45. The fourth-order valence-electron chi connectivity index (χ4n) is 2.62. The van der Waals surface area contributed by atoms with Crippen molar-refractivity contribution in [1.29, 1.82) is 0 Å². The van der Waals surface area contributed by atoms with Crippen LogP contribution in [0.2, 0.25) is 0 Å². The third-order valence-corrected chi connectivity index (χ3v) is 3.53. The van der Waals surface area contributed by atoms with Crippen LogP contribution < -0.4 is 11.1 Å². The van der Waals surface area contributed by atoms with E-state index in [9.17, 15) is 9.59 Å². The number of likely N-dealkylation sites (tertiary alicyclic amines) is 1. The van der Waals surface area contributed by atoms with Crippen molar-refractivity contribution in [2.24, 2.45) is 5.73 Å². The van der Waals surface area contributed by atoms with Gasteiger partial charge in [-0.05, 0) is 19.4 Å². The van der Waals surface area contributed by atoms with Crippen LogP contribution in [-0.4, -0.2) is 42.1 Å². The molecule has 0 unspecified atom stereocenters. The third kappa shape index (κ3) is 1.66. The lowest BCUT2D eigenvalue weighted by atomic mass is 10.2. The van der Waals surface area contributed by atoms with Crippen LogP contribution in [0.3, 0.4) is 0 Å². The normalized spacial score (nSPS) is 29.2. The molecule has 2 saturated heterocycles. The molecule has 0 aromatic rings. The molecule has 5 nitrogen and oxygen atoms in total. The number of primary amides is 1. The second-order valence-corrected chi connectivity index (χ2v) is 4.45. The highest BCUT2D eigenvalue weighted by Gasteiger charge is 2.49. The predicted octanol–water partition coefficient (Wildman–Crippen LogP) is -0.0457. The summed E-state index contributed by atoms with van der Waals surface area (Å²) in [6.45, 7) is 2.05. The van der Waals surface area contributed by atoms with Crippen LogP contribution >= 0.6 is 0 Å². The molecule has 0 aromatic heterocycles. The van der Waals surface area contributed by atoms with Gasteiger partial charge in [0.15, 0.2) is 0 Å². The first-order chi connectivity index (χ1) is 7.17. The van der Waals surface area contributed by atoms with E-state index in [1.54, 1.807) is 0 Å². The highest BCUT2D eigenvalue weighted by molar-refractivity contribution is 5.86. The summed E-state index contributed by atoms with van der Waals surface area (Å²) >= 11 is 0. The first-order valence-corrected chi connectivity index (χ1v) is 5.62. The number of hydrogen-bond acceptors (Lipinski definition) is 3. The quantitative estimate of drug-likeness (QED) is 0.599. The van der Waals surface area contributed by atoms with E-state index in [1.165, 1.54) is 0 Å². The zero-order valence-corrected chi connectivity index (χ0v) is 8.87. The monoisotopic (exact) mass is 212 g/mol. The lowest BCUT2D eigenvalue weighted by Gasteiger charge is -2.28. The van der Waals surface area contributed by atoms with Crippen molar-refractivity contribution < 1.29 is 14.1 Å². The summed E-state index contributed by atoms with van der Waals surface area (Å²) in [7, 11) is 0. The van der Waals surface area contributed by atoms with Crippen LogP contribution in [0.15, 0.2) is 0 Å². The Labute approximate surface area is 89.2 Å². The van der Waals surface area contributed by atoms with Crippen molar-refractivity contribution in [2.45, 2.75) is 31.7 Å². The summed E-state index contributed by atoms with van der Waals surface area (Å²) in [5.74, 6) is -0.0162. The van der Waals surface area contributed by atoms with E-state index < -0.39 is 6.03 Å². The zero-order chi connectivity index (χ0) is 10.9. The fourth-order valence-corrected chi connectivity index (χ4v) is 2.62. The lowest BCUT2D eigenvalue weighted by Crippen LogP contribution is -2.62. The van der Waals surface area contributed by atoms with Crippen molar-refractivity contribution in [3.05, 3.63) is 0 Å². The maximum Gasteiger partial charge on any atom is 0.421 e. The average molecular weight is 212 g/mol. The van der Waals surface area contributed by atoms with Crippen LogP contribution in [0.1, 0.15) is 25.7 Å². The SMILES string of the molecule is NC(=O)[N+]1(C(=O)[C@@H]2CCCN2)CCCC1. The number of quaternary nitrogens is 1. The minimum Gasteiger partial charge on any atom is -0.318 e. The number of nitrogens with one attached hydrogen (secondary N) is 1. The Bertz CT molecular complexity index is 278. The smallest absolute Gasteiger partial charge is 0.318 e. The number of hydrogen-bond donors (Lipinski definition) is 2. The first-order valence-electron chi connectivity index (χ1n) is 5.62. The van der Waals surface area contributed by atoms with E-state index in [2.05, 4.69) is 5.32 Å². The minimum atomic E-state index is -0.480. The van der Waals surface area contributed by atoms with Crippen molar-refractivity contribution in [1.82, 2.24) is 5.32 Å². The summed E-state index contributed by atoms with van der Waals surface area (Å²) in [4.78, 5) is 23.7. The van der Waals surface area contributed by atoms with Gasteiger partial charge in [-0.1, -0.05) is 0 Å². The van der Waals surface area contributed by atoms with Gasteiger partial charge >= 0.3 is 11.9 Å². The van der Waals surface area contributed by atoms with Crippen LogP contribution in [0.5, 0.6) is 0 Å². The van der Waals surface area contributed by atoms with Crippen LogP contribution in [0, 0.1) is 0 Å². The van der Waals surface area contributed by atoms with Crippen molar-refractivity contribution in [3.63, 3.8) is 0 Å². The average Bonchev–Trinajstić information content (AvgIpc) is 2.89. The molecular weight excluding hydrogens is 194 g/mol. The number of carbonyl (C=O) groups is 2. The molecule has 2 heterocycles. The van der Waals surface area contributed by atoms with Crippen LogP contribution in [-0.2, 0) is 4.79 Å². The predicted molar refractivity (Wildman–Crippen MR) is 54.8 cm³/mol. The Kier molecular flexibility index (Phi) is 2.75. The summed E-state index contributed by atoms with van der Waals surface area (Å²) in [5.41, 5.74) is 5.39. The molecule has 3 amide bonds. The molecular formula is C10H18N3O2+. The van der Waals surface area contributed by atoms with Gasteiger partial charge < -0.3 is 11.1 Å². The number of urea groups is 1. The number of nitrogens with zero attached hydrogens (tertiary/aromatic N) is 1. The van der Waals surface area contributed by atoms with Crippen LogP contribution in [0.4, 0.5) is 4.79 Å². The van der Waals surface area contributed by atoms with Gasteiger partial charge in [-0.3, -0.25) is 0 Å². The highest BCUT2D eigenvalue weighted by atomic mass is 16.2. The zero-order valence-electron chi connectivity index (χ0n) is 8.87. The first kappa shape index (κ1) is 10.6. The van der Waals surface area contributed by atoms with Crippen molar-refractivity contribution >= 4 is 11.9 Å². The number of carbonyl (C=O) groups excluding carboxylic acids is 2. The fraction of sp³-hybridized carbons (Fsp3) is 0.800. The third-order valence-electron chi connectivity index (χ3n) is 3.53. The molecule has 5 heteroatoms. The Balaban J connectivity index is 2.17. The Morgan fingerprint density at radius 1 is 1.20 bits per heavy atom. The van der Waals surface area contributed by atoms with Crippen LogP contribution in [0.25, 0.3) is 0 Å². The number of amides is 3. The highest BCUT2D eigenvalue weighted by Crippen LogP contribution is 2.23. The summed E-state index contributed by atoms with van der Waals surface area (Å²) in [5, 5.41) is 3.14. The van der Waals surface area contributed by atoms with E-state index >= 15 is 0 Å². The van der Waals surface area contributed by atoms with Gasteiger partial charge in [0.1, 0.15) is 6.04 Å². The van der Waals surface area contributed by atoms with Gasteiger partial charge in [0, 0.05) is 12.8 Å². The standard InChI is InChI=1S/C10H17N3O2/c11-10(15)13(6-1-2-7-13)9(14)8-4-3-5-12-8/h8,12H,1-7H2,(H-,11,15)/p+1/t8-/m0/s1. The van der Waals surface area contributed by atoms with Gasteiger partial charge in [0.2, 0.25) is 0 Å². The van der Waals surface area contributed by atoms with E-state index in [-0.39, 0.29) is 16.4 Å². The molecule has 0 saturated carbocycles. The topological polar surface area (TPSA) is 72.2 Å². The van der Waals surface area contributed by atoms with E-state index in [4.69, 9.17) is 5.73 Å². The molecule has 0 aliphatic carbocycles. The Morgan fingerprint density at radius 2 is 1.87 bits per heavy atom. The molecule has 2 aliphatic heterocycles. The molecule has 2 aliphatic rings. The molecule has 15 heavy (non-hydrogen) atoms. The molecule has 3 N–H and O–H groups in total. The molecule has 2 rings (SSSR count). The number of rotatable bonds is 1. The summed E-state index contributed by atoms with van der Waals surface area (Å²) in [6, 6.07) is -0.637. The van der Waals surface area contributed by atoms with E-state index in [0.717, 1.165) is 32.2 Å². The molecule has 0 radical (unpaired) electrons. The number of imide groups is 1. The van der Waals surface area contributed by atoms with E-state index in [1.807, 2.05) is 0 Å². The second kappa shape index (κ2) is 3.90. The Morgan fingerprint density at radius 3 is 2.33 bits per heavy atom. The maximum atomic E-state index is 12.2. The van der Waals surface area contributed by atoms with Gasteiger partial charge in [0.05, 0.1) is 13.1 Å². The van der Waals surface area contributed by atoms with Crippen molar-refractivity contribution in [3.8, 4) is 0 Å². The minimum absolute atomic E-state index is 0.0162. The maximum absolute atomic E-state index is 12.2. The molecule has 0 spiro atoms. The van der Waals surface area contributed by atoms with Gasteiger partial charge in [0.25, 0.3) is 0 Å². The molecule has 0 aromatic carbocycles. The van der Waals surface area contributed by atoms with Gasteiger partial charge in [-0.15, -0.1) is 0 Å². The molecule has 2 fully saturated rings. The summed E-state index contributed by atoms with van der Waals surface area (Å²) in [6.07, 6.45) is 3.68.